The lowest BCUT2D eigenvalue weighted by molar-refractivity contribution is 0.242. The Bertz CT molecular complexity index is 596. The lowest BCUT2D eigenvalue weighted by atomic mass is 9.94. The molecule has 20 heavy (non-hydrogen) atoms. The van der Waals surface area contributed by atoms with Gasteiger partial charge in [0.15, 0.2) is 0 Å². The van der Waals surface area contributed by atoms with Gasteiger partial charge in [-0.05, 0) is 43.7 Å². The first-order valence-electron chi connectivity index (χ1n) is 6.38. The van der Waals surface area contributed by atoms with E-state index in [1.807, 2.05) is 68.4 Å². The van der Waals surface area contributed by atoms with Crippen LogP contribution in [0.2, 0.25) is 5.02 Å². The van der Waals surface area contributed by atoms with E-state index in [9.17, 15) is 4.79 Å². The second-order valence-electron chi connectivity index (χ2n) is 5.08. The zero-order valence-corrected chi connectivity index (χ0v) is 12.2. The van der Waals surface area contributed by atoms with Gasteiger partial charge < -0.3 is 10.6 Å². The molecule has 0 saturated heterocycles. The van der Waals surface area contributed by atoms with Crippen molar-refractivity contribution in [1.29, 1.82) is 0 Å². The summed E-state index contributed by atoms with van der Waals surface area (Å²) in [7, 11) is 0. The molecule has 0 spiro atoms. The quantitative estimate of drug-likeness (QED) is 0.864. The molecular weight excluding hydrogens is 272 g/mol. The van der Waals surface area contributed by atoms with Crippen LogP contribution in [-0.2, 0) is 5.54 Å². The Kier molecular flexibility index (Phi) is 4.30. The van der Waals surface area contributed by atoms with E-state index in [1.54, 1.807) is 0 Å². The van der Waals surface area contributed by atoms with Gasteiger partial charge in [-0.25, -0.2) is 4.79 Å². The molecular formula is C16H17ClN2O. The smallest absolute Gasteiger partial charge is 0.319 e. The molecule has 0 saturated carbocycles. The average Bonchev–Trinajstić information content (AvgIpc) is 2.39. The summed E-state index contributed by atoms with van der Waals surface area (Å²) in [5.74, 6) is 0. The number of carbonyl (C=O) groups is 1. The van der Waals surface area contributed by atoms with Gasteiger partial charge in [-0.1, -0.05) is 41.9 Å². The largest absolute Gasteiger partial charge is 0.329 e. The Morgan fingerprint density at radius 3 is 2.40 bits per heavy atom. The lowest BCUT2D eigenvalue weighted by Crippen LogP contribution is -2.43. The molecule has 0 aliphatic heterocycles. The van der Waals surface area contributed by atoms with Crippen LogP contribution in [0.4, 0.5) is 10.5 Å². The summed E-state index contributed by atoms with van der Waals surface area (Å²) in [6.07, 6.45) is 0. The van der Waals surface area contributed by atoms with Gasteiger partial charge in [-0.2, -0.15) is 0 Å². The maximum atomic E-state index is 12.0. The van der Waals surface area contributed by atoms with Crippen molar-refractivity contribution in [2.24, 2.45) is 0 Å². The van der Waals surface area contributed by atoms with Crippen molar-refractivity contribution in [1.82, 2.24) is 5.32 Å². The van der Waals surface area contributed by atoms with Gasteiger partial charge in [0.1, 0.15) is 0 Å². The van der Waals surface area contributed by atoms with Crippen LogP contribution in [0.25, 0.3) is 0 Å². The average molecular weight is 289 g/mol. The lowest BCUT2D eigenvalue weighted by Gasteiger charge is -2.27. The van der Waals surface area contributed by atoms with Crippen LogP contribution in [0.3, 0.4) is 0 Å². The summed E-state index contributed by atoms with van der Waals surface area (Å²) in [6, 6.07) is 16.5. The van der Waals surface area contributed by atoms with E-state index in [-0.39, 0.29) is 6.03 Å². The van der Waals surface area contributed by atoms with Gasteiger partial charge in [0, 0.05) is 10.7 Å². The van der Waals surface area contributed by atoms with Crippen molar-refractivity contribution in [3.63, 3.8) is 0 Å². The molecule has 0 atom stereocenters. The third-order valence-electron chi connectivity index (χ3n) is 3.00. The first-order chi connectivity index (χ1) is 9.47. The molecule has 0 radical (unpaired) electrons. The van der Waals surface area contributed by atoms with Gasteiger partial charge in [0.25, 0.3) is 0 Å². The van der Waals surface area contributed by atoms with Gasteiger partial charge in [0.2, 0.25) is 0 Å². The van der Waals surface area contributed by atoms with Crippen LogP contribution < -0.4 is 10.6 Å². The van der Waals surface area contributed by atoms with Crippen molar-refractivity contribution in [3.8, 4) is 0 Å². The molecule has 2 aromatic carbocycles. The van der Waals surface area contributed by atoms with Crippen LogP contribution in [0.5, 0.6) is 0 Å². The molecule has 3 nitrogen and oxygen atoms in total. The van der Waals surface area contributed by atoms with Crippen molar-refractivity contribution in [2.75, 3.05) is 5.32 Å². The number of hydrogen-bond donors (Lipinski definition) is 2. The summed E-state index contributed by atoms with van der Waals surface area (Å²) < 4.78 is 0. The van der Waals surface area contributed by atoms with Crippen LogP contribution in [0.1, 0.15) is 19.4 Å². The highest BCUT2D eigenvalue weighted by atomic mass is 35.5. The molecule has 0 aromatic heterocycles. The molecule has 0 bridgehead atoms. The van der Waals surface area contributed by atoms with Crippen LogP contribution in [-0.4, -0.2) is 6.03 Å². The molecule has 0 heterocycles. The predicted octanol–water partition coefficient (Wildman–Crippen LogP) is 4.40. The van der Waals surface area contributed by atoms with E-state index in [1.165, 1.54) is 0 Å². The molecule has 0 aliphatic rings. The van der Waals surface area contributed by atoms with Gasteiger partial charge in [-0.3, -0.25) is 0 Å². The SMILES string of the molecule is CC(C)(NC(=O)Nc1ccccc1)c1cccc(Cl)c1. The molecule has 2 amide bonds. The zero-order valence-electron chi connectivity index (χ0n) is 11.5. The summed E-state index contributed by atoms with van der Waals surface area (Å²) in [6.45, 7) is 3.87. The third kappa shape index (κ3) is 3.75. The van der Waals surface area contributed by atoms with Gasteiger partial charge >= 0.3 is 6.03 Å². The second-order valence-corrected chi connectivity index (χ2v) is 5.52. The summed E-state index contributed by atoms with van der Waals surface area (Å²) >= 11 is 5.99. The fraction of sp³-hybridized carbons (Fsp3) is 0.188. The maximum absolute atomic E-state index is 12.0. The van der Waals surface area contributed by atoms with E-state index in [0.29, 0.717) is 5.02 Å². The molecule has 2 N–H and O–H groups in total. The summed E-state index contributed by atoms with van der Waals surface area (Å²) in [5.41, 5.74) is 1.20. The fourth-order valence-corrected chi connectivity index (χ4v) is 2.11. The standard InChI is InChI=1S/C16H17ClN2O/c1-16(2,12-7-6-8-13(17)11-12)19-15(20)18-14-9-4-3-5-10-14/h3-11H,1-2H3,(H2,18,19,20). The first-order valence-corrected chi connectivity index (χ1v) is 6.75. The van der Waals surface area contributed by atoms with E-state index in [4.69, 9.17) is 11.6 Å². The number of amides is 2. The molecule has 0 aliphatic carbocycles. The number of nitrogens with one attached hydrogen (secondary N) is 2. The number of anilines is 1. The fourth-order valence-electron chi connectivity index (χ4n) is 1.92. The molecule has 104 valence electrons. The minimum atomic E-state index is -0.510. The first kappa shape index (κ1) is 14.4. The second kappa shape index (κ2) is 5.97. The Morgan fingerprint density at radius 1 is 1.05 bits per heavy atom. The Hall–Kier alpha value is -2.00. The Balaban J connectivity index is 2.06. The monoisotopic (exact) mass is 288 g/mol. The normalized spacial score (nSPS) is 10.9. The minimum absolute atomic E-state index is 0.249. The van der Waals surface area contributed by atoms with Crippen LogP contribution >= 0.6 is 11.6 Å². The van der Waals surface area contributed by atoms with E-state index in [2.05, 4.69) is 10.6 Å². The molecule has 0 fully saturated rings. The van der Waals surface area contributed by atoms with Crippen molar-refractivity contribution in [2.45, 2.75) is 19.4 Å². The predicted molar refractivity (Wildman–Crippen MR) is 83.1 cm³/mol. The molecule has 4 heteroatoms. The topological polar surface area (TPSA) is 41.1 Å². The number of para-hydroxylation sites is 1. The summed E-state index contributed by atoms with van der Waals surface area (Å²) in [4.78, 5) is 12.0. The van der Waals surface area contributed by atoms with E-state index >= 15 is 0 Å². The van der Waals surface area contributed by atoms with Crippen LogP contribution in [0.15, 0.2) is 54.6 Å². The Morgan fingerprint density at radius 2 is 1.75 bits per heavy atom. The molecule has 2 aromatic rings. The van der Waals surface area contributed by atoms with E-state index in [0.717, 1.165) is 11.3 Å². The number of carbonyl (C=O) groups excluding carboxylic acids is 1. The zero-order chi connectivity index (χ0) is 14.6. The number of benzene rings is 2. The summed E-state index contributed by atoms with van der Waals surface area (Å²) in [5, 5.41) is 6.39. The minimum Gasteiger partial charge on any atom is -0.329 e. The van der Waals surface area contributed by atoms with Crippen LogP contribution in [0, 0.1) is 0 Å². The van der Waals surface area contributed by atoms with Crippen molar-refractivity contribution in [3.05, 3.63) is 65.2 Å². The van der Waals surface area contributed by atoms with Crippen molar-refractivity contribution < 1.29 is 4.79 Å². The third-order valence-corrected chi connectivity index (χ3v) is 3.24. The number of rotatable bonds is 3. The molecule has 0 unspecified atom stereocenters. The number of hydrogen-bond acceptors (Lipinski definition) is 1. The van der Waals surface area contributed by atoms with Crippen molar-refractivity contribution >= 4 is 23.3 Å². The highest BCUT2D eigenvalue weighted by Crippen LogP contribution is 2.23. The highest BCUT2D eigenvalue weighted by molar-refractivity contribution is 6.30. The van der Waals surface area contributed by atoms with Gasteiger partial charge in [0.05, 0.1) is 5.54 Å². The van der Waals surface area contributed by atoms with E-state index < -0.39 is 5.54 Å². The van der Waals surface area contributed by atoms with Gasteiger partial charge in [-0.15, -0.1) is 0 Å². The number of urea groups is 1. The molecule has 2 rings (SSSR count). The maximum Gasteiger partial charge on any atom is 0.319 e. The Labute approximate surface area is 124 Å². The highest BCUT2D eigenvalue weighted by Gasteiger charge is 2.22. The number of halogens is 1.